The minimum absolute atomic E-state index is 0.196. The van der Waals surface area contributed by atoms with Crippen LogP contribution in [-0.4, -0.2) is 24.2 Å². The Hall–Kier alpha value is -1.77. The number of aliphatic carboxylic acids is 1. The first-order chi connectivity index (χ1) is 7.75. The number of benzene rings is 1. The maximum atomic E-state index is 10.5. The van der Waals surface area contributed by atoms with E-state index in [0.717, 1.165) is 18.7 Å². The summed E-state index contributed by atoms with van der Waals surface area (Å²) >= 11 is 0. The van der Waals surface area contributed by atoms with Crippen LogP contribution in [0.1, 0.15) is 12.0 Å². The number of anilines is 1. The van der Waals surface area contributed by atoms with Crippen molar-refractivity contribution in [1.29, 1.82) is 0 Å². The Morgan fingerprint density at radius 2 is 2.06 bits per heavy atom. The number of carbonyl (C=O) groups is 1. The highest BCUT2D eigenvalue weighted by atomic mass is 16.4. The van der Waals surface area contributed by atoms with Gasteiger partial charge >= 0.3 is 5.97 Å². The summed E-state index contributed by atoms with van der Waals surface area (Å²) < 4.78 is 0. The van der Waals surface area contributed by atoms with Crippen LogP contribution in [0.15, 0.2) is 36.4 Å². The second kappa shape index (κ2) is 4.84. The molecule has 1 heterocycles. The highest BCUT2D eigenvalue weighted by Gasteiger charge is 2.08. The van der Waals surface area contributed by atoms with Gasteiger partial charge in [-0.05, 0) is 24.1 Å². The fraction of sp³-hybridized carbons (Fsp3) is 0.308. The molecule has 0 unspecified atom stereocenters. The van der Waals surface area contributed by atoms with Crippen molar-refractivity contribution in [2.75, 3.05) is 18.0 Å². The zero-order valence-corrected chi connectivity index (χ0v) is 9.10. The van der Waals surface area contributed by atoms with E-state index in [2.05, 4.69) is 29.2 Å². The molecule has 0 radical (unpaired) electrons. The molecule has 0 atom stereocenters. The molecule has 0 aliphatic carbocycles. The van der Waals surface area contributed by atoms with Crippen molar-refractivity contribution in [3.05, 3.63) is 42.0 Å². The molecule has 0 amide bonds. The predicted molar refractivity (Wildman–Crippen MR) is 63.8 cm³/mol. The lowest BCUT2D eigenvalue weighted by atomic mass is 10.1. The SMILES string of the molecule is O=C(O)CCc1cccc(N2CC=CC2)c1. The van der Waals surface area contributed by atoms with Crippen LogP contribution in [0.5, 0.6) is 0 Å². The summed E-state index contributed by atoms with van der Waals surface area (Å²) in [6.45, 7) is 1.89. The fourth-order valence-corrected chi connectivity index (χ4v) is 1.85. The molecule has 0 aromatic heterocycles. The Labute approximate surface area is 95.0 Å². The van der Waals surface area contributed by atoms with E-state index < -0.39 is 5.97 Å². The topological polar surface area (TPSA) is 40.5 Å². The number of hydrogen-bond acceptors (Lipinski definition) is 2. The van der Waals surface area contributed by atoms with Gasteiger partial charge in [0.1, 0.15) is 0 Å². The van der Waals surface area contributed by atoms with E-state index in [1.165, 1.54) is 5.69 Å². The number of carboxylic acids is 1. The van der Waals surface area contributed by atoms with Gasteiger partial charge in [0.15, 0.2) is 0 Å². The van der Waals surface area contributed by atoms with Gasteiger partial charge < -0.3 is 10.0 Å². The highest BCUT2D eigenvalue weighted by molar-refractivity contribution is 5.67. The van der Waals surface area contributed by atoms with Gasteiger partial charge in [-0.2, -0.15) is 0 Å². The molecule has 3 nitrogen and oxygen atoms in total. The Bertz CT molecular complexity index is 404. The van der Waals surface area contributed by atoms with Crippen LogP contribution in [0.4, 0.5) is 5.69 Å². The van der Waals surface area contributed by atoms with Crippen LogP contribution in [0.3, 0.4) is 0 Å². The molecule has 1 aromatic carbocycles. The van der Waals surface area contributed by atoms with Gasteiger partial charge in [0, 0.05) is 25.2 Å². The lowest BCUT2D eigenvalue weighted by Crippen LogP contribution is -2.18. The summed E-state index contributed by atoms with van der Waals surface area (Å²) in [6, 6.07) is 8.12. The molecule has 0 saturated carbocycles. The molecule has 0 spiro atoms. The van der Waals surface area contributed by atoms with Crippen LogP contribution in [0.25, 0.3) is 0 Å². The number of hydrogen-bond donors (Lipinski definition) is 1. The molecule has 0 bridgehead atoms. The minimum Gasteiger partial charge on any atom is -0.481 e. The first-order valence-electron chi connectivity index (χ1n) is 5.46. The first kappa shape index (κ1) is 10.7. The van der Waals surface area contributed by atoms with E-state index in [-0.39, 0.29) is 6.42 Å². The van der Waals surface area contributed by atoms with Crippen LogP contribution in [-0.2, 0) is 11.2 Å². The molecule has 1 aliphatic rings. The second-order valence-electron chi connectivity index (χ2n) is 3.94. The molecule has 0 fully saturated rings. The Morgan fingerprint density at radius 3 is 2.75 bits per heavy atom. The molecule has 3 heteroatoms. The molecule has 16 heavy (non-hydrogen) atoms. The zero-order valence-electron chi connectivity index (χ0n) is 9.10. The average molecular weight is 217 g/mol. The summed E-state index contributed by atoms with van der Waals surface area (Å²) in [5.41, 5.74) is 2.26. The smallest absolute Gasteiger partial charge is 0.303 e. The van der Waals surface area contributed by atoms with Gasteiger partial charge in [0.25, 0.3) is 0 Å². The fourth-order valence-electron chi connectivity index (χ4n) is 1.85. The molecule has 1 aromatic rings. The van der Waals surface area contributed by atoms with Crippen molar-refractivity contribution in [1.82, 2.24) is 0 Å². The van der Waals surface area contributed by atoms with E-state index in [1.807, 2.05) is 12.1 Å². The average Bonchev–Trinajstić information content (AvgIpc) is 2.80. The van der Waals surface area contributed by atoms with Gasteiger partial charge in [-0.25, -0.2) is 0 Å². The van der Waals surface area contributed by atoms with Gasteiger partial charge in [-0.3, -0.25) is 4.79 Å². The third-order valence-electron chi connectivity index (χ3n) is 2.72. The molecule has 2 rings (SSSR count). The second-order valence-corrected chi connectivity index (χ2v) is 3.94. The van der Waals surface area contributed by atoms with Gasteiger partial charge in [-0.1, -0.05) is 24.3 Å². The number of carboxylic acid groups (broad SMARTS) is 1. The van der Waals surface area contributed by atoms with Crippen molar-refractivity contribution in [2.24, 2.45) is 0 Å². The van der Waals surface area contributed by atoms with E-state index >= 15 is 0 Å². The minimum atomic E-state index is -0.742. The van der Waals surface area contributed by atoms with Gasteiger partial charge in [-0.15, -0.1) is 0 Å². The summed E-state index contributed by atoms with van der Waals surface area (Å²) in [4.78, 5) is 12.7. The van der Waals surface area contributed by atoms with Crippen LogP contribution in [0, 0.1) is 0 Å². The van der Waals surface area contributed by atoms with Crippen molar-refractivity contribution in [3.63, 3.8) is 0 Å². The van der Waals surface area contributed by atoms with Crippen LogP contribution < -0.4 is 4.90 Å². The molecular weight excluding hydrogens is 202 g/mol. The molecular formula is C13H15NO2. The van der Waals surface area contributed by atoms with Gasteiger partial charge in [0.2, 0.25) is 0 Å². The zero-order chi connectivity index (χ0) is 11.4. The molecule has 1 N–H and O–H groups in total. The van der Waals surface area contributed by atoms with Crippen molar-refractivity contribution >= 4 is 11.7 Å². The maximum absolute atomic E-state index is 10.5. The molecule has 0 saturated heterocycles. The van der Waals surface area contributed by atoms with Crippen molar-refractivity contribution in [3.8, 4) is 0 Å². The Morgan fingerprint density at radius 1 is 1.31 bits per heavy atom. The monoisotopic (exact) mass is 217 g/mol. The van der Waals surface area contributed by atoms with E-state index in [0.29, 0.717) is 6.42 Å². The summed E-state index contributed by atoms with van der Waals surface area (Å²) in [6.07, 6.45) is 5.08. The normalized spacial score (nSPS) is 14.4. The largest absolute Gasteiger partial charge is 0.481 e. The number of aryl methyl sites for hydroxylation is 1. The van der Waals surface area contributed by atoms with Crippen LogP contribution >= 0.6 is 0 Å². The third-order valence-corrected chi connectivity index (χ3v) is 2.72. The van der Waals surface area contributed by atoms with E-state index in [9.17, 15) is 4.79 Å². The molecule has 1 aliphatic heterocycles. The lowest BCUT2D eigenvalue weighted by Gasteiger charge is -2.18. The summed E-state index contributed by atoms with van der Waals surface area (Å²) in [5.74, 6) is -0.742. The third kappa shape index (κ3) is 2.63. The number of nitrogens with zero attached hydrogens (tertiary/aromatic N) is 1. The Balaban J connectivity index is 2.04. The standard InChI is InChI=1S/C13H15NO2/c15-13(16)7-6-11-4-3-5-12(10-11)14-8-1-2-9-14/h1-5,10H,6-9H2,(H,15,16). The van der Waals surface area contributed by atoms with E-state index in [4.69, 9.17) is 5.11 Å². The Kier molecular flexibility index (Phi) is 3.25. The first-order valence-corrected chi connectivity index (χ1v) is 5.46. The summed E-state index contributed by atoms with van der Waals surface area (Å²) in [5, 5.41) is 8.64. The number of rotatable bonds is 4. The molecule has 84 valence electrons. The predicted octanol–water partition coefficient (Wildman–Crippen LogP) is 2.08. The van der Waals surface area contributed by atoms with Gasteiger partial charge in [0.05, 0.1) is 0 Å². The lowest BCUT2D eigenvalue weighted by molar-refractivity contribution is -0.136. The summed E-state index contributed by atoms with van der Waals surface area (Å²) in [7, 11) is 0. The van der Waals surface area contributed by atoms with Crippen molar-refractivity contribution in [2.45, 2.75) is 12.8 Å². The van der Waals surface area contributed by atoms with E-state index in [1.54, 1.807) is 0 Å². The van der Waals surface area contributed by atoms with Crippen molar-refractivity contribution < 1.29 is 9.90 Å². The quantitative estimate of drug-likeness (QED) is 0.785. The maximum Gasteiger partial charge on any atom is 0.303 e. The highest BCUT2D eigenvalue weighted by Crippen LogP contribution is 2.19. The van der Waals surface area contributed by atoms with Crippen LogP contribution in [0.2, 0.25) is 0 Å².